The van der Waals surface area contributed by atoms with Gasteiger partial charge in [0, 0.05) is 6.61 Å². The van der Waals surface area contributed by atoms with E-state index in [1.54, 1.807) is 0 Å². The average Bonchev–Trinajstić information content (AvgIpc) is 2.08. The molecule has 1 rings (SSSR count). The fraction of sp³-hybridized carbons (Fsp3) is 0.900. The second-order valence-electron chi connectivity index (χ2n) is 3.82. The van der Waals surface area contributed by atoms with Crippen LogP contribution >= 0.6 is 0 Å². The summed E-state index contributed by atoms with van der Waals surface area (Å²) in [5.41, 5.74) is 0. The van der Waals surface area contributed by atoms with Crippen LogP contribution in [0.25, 0.3) is 0 Å². The van der Waals surface area contributed by atoms with Gasteiger partial charge in [0.2, 0.25) is 0 Å². The van der Waals surface area contributed by atoms with Crippen LogP contribution in [0.2, 0.25) is 0 Å². The van der Waals surface area contributed by atoms with Crippen LogP contribution in [0.3, 0.4) is 0 Å². The number of ether oxygens (including phenoxy) is 1. The Morgan fingerprint density at radius 2 is 2.23 bits per heavy atom. The standard InChI is InChI=1S/C10H18O3/c1-3-13-9-5-4-8(10(11)12)6-7(9)2/h7-9H,3-6H2,1-2H3,(H,11,12)/t7-,8-,9+/m0/s1. The first-order valence-electron chi connectivity index (χ1n) is 4.99. The number of rotatable bonds is 3. The Morgan fingerprint density at radius 1 is 1.54 bits per heavy atom. The largest absolute Gasteiger partial charge is 0.481 e. The lowest BCUT2D eigenvalue weighted by molar-refractivity contribution is -0.145. The fourth-order valence-electron chi connectivity index (χ4n) is 2.05. The van der Waals surface area contributed by atoms with Crippen molar-refractivity contribution >= 4 is 5.97 Å². The highest BCUT2D eigenvalue weighted by Crippen LogP contribution is 2.30. The second-order valence-corrected chi connectivity index (χ2v) is 3.82. The molecule has 3 atom stereocenters. The van der Waals surface area contributed by atoms with Crippen molar-refractivity contribution in [1.82, 2.24) is 0 Å². The van der Waals surface area contributed by atoms with Crippen LogP contribution in [0.4, 0.5) is 0 Å². The molecule has 0 saturated heterocycles. The lowest BCUT2D eigenvalue weighted by Gasteiger charge is -2.31. The van der Waals surface area contributed by atoms with Gasteiger partial charge in [-0.2, -0.15) is 0 Å². The zero-order valence-electron chi connectivity index (χ0n) is 8.32. The van der Waals surface area contributed by atoms with Gasteiger partial charge in [0.1, 0.15) is 0 Å². The lowest BCUT2D eigenvalue weighted by atomic mass is 9.80. The molecule has 0 aromatic rings. The van der Waals surface area contributed by atoms with Crippen molar-refractivity contribution in [2.24, 2.45) is 11.8 Å². The van der Waals surface area contributed by atoms with Gasteiger partial charge >= 0.3 is 5.97 Å². The van der Waals surface area contributed by atoms with Crippen molar-refractivity contribution in [3.8, 4) is 0 Å². The Labute approximate surface area is 79.1 Å². The van der Waals surface area contributed by atoms with E-state index in [-0.39, 0.29) is 12.0 Å². The SMILES string of the molecule is CCO[C@@H]1CC[C@H](C(=O)O)C[C@@H]1C. The molecule has 1 aliphatic carbocycles. The van der Waals surface area contributed by atoms with Gasteiger partial charge in [-0.05, 0) is 32.1 Å². The molecule has 0 heterocycles. The molecule has 1 fully saturated rings. The van der Waals surface area contributed by atoms with E-state index in [4.69, 9.17) is 9.84 Å². The van der Waals surface area contributed by atoms with E-state index < -0.39 is 5.97 Å². The molecule has 0 aromatic heterocycles. The maximum absolute atomic E-state index is 10.7. The summed E-state index contributed by atoms with van der Waals surface area (Å²) in [6, 6.07) is 0. The summed E-state index contributed by atoms with van der Waals surface area (Å²) in [5.74, 6) is -0.414. The number of aliphatic carboxylic acids is 1. The van der Waals surface area contributed by atoms with Crippen LogP contribution in [0.1, 0.15) is 33.1 Å². The van der Waals surface area contributed by atoms with Crippen molar-refractivity contribution in [2.45, 2.75) is 39.2 Å². The summed E-state index contributed by atoms with van der Waals surface area (Å²) in [6.07, 6.45) is 2.71. The van der Waals surface area contributed by atoms with Crippen LogP contribution in [-0.4, -0.2) is 23.8 Å². The molecule has 1 aliphatic rings. The Kier molecular flexibility index (Phi) is 3.72. The number of carboxylic acid groups (broad SMARTS) is 1. The van der Waals surface area contributed by atoms with E-state index in [1.165, 1.54) is 0 Å². The molecule has 3 heteroatoms. The van der Waals surface area contributed by atoms with Gasteiger partial charge in [-0.15, -0.1) is 0 Å². The summed E-state index contributed by atoms with van der Waals surface area (Å²) in [7, 11) is 0. The number of carboxylic acids is 1. The highest BCUT2D eigenvalue weighted by Gasteiger charge is 2.31. The first kappa shape index (κ1) is 10.5. The summed E-state index contributed by atoms with van der Waals surface area (Å²) in [5, 5.41) is 8.83. The monoisotopic (exact) mass is 186 g/mol. The zero-order chi connectivity index (χ0) is 9.84. The first-order chi connectivity index (χ1) is 6.15. The molecule has 0 amide bonds. The molecule has 0 aliphatic heterocycles. The maximum Gasteiger partial charge on any atom is 0.306 e. The number of carbonyl (C=O) groups is 1. The molecule has 0 bridgehead atoms. The number of hydrogen-bond acceptors (Lipinski definition) is 2. The van der Waals surface area contributed by atoms with E-state index in [1.807, 2.05) is 6.92 Å². The van der Waals surface area contributed by atoms with Gasteiger partial charge in [-0.1, -0.05) is 6.92 Å². The van der Waals surface area contributed by atoms with Crippen molar-refractivity contribution < 1.29 is 14.6 Å². The summed E-state index contributed by atoms with van der Waals surface area (Å²) >= 11 is 0. The van der Waals surface area contributed by atoms with Gasteiger partial charge in [0.25, 0.3) is 0 Å². The van der Waals surface area contributed by atoms with Crippen molar-refractivity contribution in [1.29, 1.82) is 0 Å². The Balaban J connectivity index is 2.41. The predicted molar refractivity (Wildman–Crippen MR) is 49.6 cm³/mol. The van der Waals surface area contributed by atoms with Crippen molar-refractivity contribution in [3.63, 3.8) is 0 Å². The summed E-state index contributed by atoms with van der Waals surface area (Å²) in [4.78, 5) is 10.7. The fourth-order valence-corrected chi connectivity index (χ4v) is 2.05. The highest BCUT2D eigenvalue weighted by atomic mass is 16.5. The third kappa shape index (κ3) is 2.69. The molecular weight excluding hydrogens is 168 g/mol. The van der Waals surface area contributed by atoms with Crippen LogP contribution in [-0.2, 0) is 9.53 Å². The van der Waals surface area contributed by atoms with Crippen LogP contribution < -0.4 is 0 Å². The molecule has 0 unspecified atom stereocenters. The van der Waals surface area contributed by atoms with Gasteiger partial charge in [0.15, 0.2) is 0 Å². The third-order valence-electron chi connectivity index (χ3n) is 2.82. The lowest BCUT2D eigenvalue weighted by Crippen LogP contribution is -2.32. The van der Waals surface area contributed by atoms with Crippen LogP contribution in [0.5, 0.6) is 0 Å². The minimum Gasteiger partial charge on any atom is -0.481 e. The summed E-state index contributed by atoms with van der Waals surface area (Å²) in [6.45, 7) is 4.79. The smallest absolute Gasteiger partial charge is 0.306 e. The van der Waals surface area contributed by atoms with Gasteiger partial charge in [-0.25, -0.2) is 0 Å². The predicted octanol–water partition coefficient (Wildman–Crippen LogP) is 1.91. The molecule has 0 aromatic carbocycles. The van der Waals surface area contributed by atoms with E-state index in [2.05, 4.69) is 6.92 Å². The van der Waals surface area contributed by atoms with Crippen molar-refractivity contribution in [2.75, 3.05) is 6.61 Å². The van der Waals surface area contributed by atoms with Gasteiger partial charge < -0.3 is 9.84 Å². The van der Waals surface area contributed by atoms with E-state index in [0.29, 0.717) is 5.92 Å². The van der Waals surface area contributed by atoms with Crippen LogP contribution in [0, 0.1) is 11.8 Å². The van der Waals surface area contributed by atoms with Crippen LogP contribution in [0.15, 0.2) is 0 Å². The minimum absolute atomic E-state index is 0.147. The molecule has 1 N–H and O–H groups in total. The molecule has 0 radical (unpaired) electrons. The van der Waals surface area contributed by atoms with Crippen molar-refractivity contribution in [3.05, 3.63) is 0 Å². The molecule has 3 nitrogen and oxygen atoms in total. The molecule has 1 saturated carbocycles. The molecular formula is C10H18O3. The molecule has 76 valence electrons. The maximum atomic E-state index is 10.7. The summed E-state index contributed by atoms with van der Waals surface area (Å²) < 4.78 is 5.53. The highest BCUT2D eigenvalue weighted by molar-refractivity contribution is 5.70. The topological polar surface area (TPSA) is 46.5 Å². The first-order valence-corrected chi connectivity index (χ1v) is 4.99. The molecule has 0 spiro atoms. The average molecular weight is 186 g/mol. The van der Waals surface area contributed by atoms with E-state index in [0.717, 1.165) is 25.9 Å². The quantitative estimate of drug-likeness (QED) is 0.732. The molecule has 13 heavy (non-hydrogen) atoms. The Morgan fingerprint density at radius 3 is 2.69 bits per heavy atom. The van der Waals surface area contributed by atoms with Gasteiger partial charge in [-0.3, -0.25) is 4.79 Å². The Hall–Kier alpha value is -0.570. The van der Waals surface area contributed by atoms with Gasteiger partial charge in [0.05, 0.1) is 12.0 Å². The second kappa shape index (κ2) is 4.61. The Bertz CT molecular complexity index is 179. The minimum atomic E-state index is -0.651. The normalized spacial score (nSPS) is 34.5. The zero-order valence-corrected chi connectivity index (χ0v) is 8.32. The van der Waals surface area contributed by atoms with E-state index >= 15 is 0 Å². The third-order valence-corrected chi connectivity index (χ3v) is 2.82. The number of hydrogen-bond donors (Lipinski definition) is 1. The van der Waals surface area contributed by atoms with E-state index in [9.17, 15) is 4.79 Å².